The Hall–Kier alpha value is -2.37. The monoisotopic (exact) mass is 302 g/mol. The zero-order valence-corrected chi connectivity index (χ0v) is 12.2. The molecule has 2 atom stereocenters. The maximum Gasteiger partial charge on any atom is 0.407 e. The Balaban J connectivity index is 1.64. The van der Waals surface area contributed by atoms with Crippen LogP contribution >= 0.6 is 0 Å². The molecule has 1 unspecified atom stereocenters. The first-order valence-corrected chi connectivity index (χ1v) is 7.47. The molecule has 6 nitrogen and oxygen atoms in total. The van der Waals surface area contributed by atoms with Crippen molar-refractivity contribution >= 4 is 17.8 Å². The van der Waals surface area contributed by atoms with Gasteiger partial charge in [0.2, 0.25) is 5.91 Å². The van der Waals surface area contributed by atoms with E-state index in [9.17, 15) is 14.4 Å². The van der Waals surface area contributed by atoms with Crippen LogP contribution in [-0.4, -0.2) is 47.9 Å². The van der Waals surface area contributed by atoms with E-state index in [1.165, 1.54) is 0 Å². The largest absolute Gasteiger partial charge is 0.447 e. The standard InChI is InChI=1S/C16H18N2O4/c19-14(11-5-2-1-3-6-11)9-12-7-4-8-18(12)15(20)13-10-22-16(21)17-13/h1-3,5-6,12-13H,4,7-10H2,(H,17,21)/t12?,13-/m1/s1. The highest BCUT2D eigenvalue weighted by atomic mass is 16.6. The van der Waals surface area contributed by atoms with Crippen LogP contribution in [-0.2, 0) is 9.53 Å². The minimum absolute atomic E-state index is 0.0389. The molecule has 1 aromatic rings. The Labute approximate surface area is 128 Å². The fourth-order valence-corrected chi connectivity index (χ4v) is 3.01. The second kappa shape index (κ2) is 6.17. The number of nitrogens with one attached hydrogen (secondary N) is 1. The van der Waals surface area contributed by atoms with Gasteiger partial charge in [-0.25, -0.2) is 4.79 Å². The first-order valence-electron chi connectivity index (χ1n) is 7.47. The molecule has 1 aromatic carbocycles. The second-order valence-corrected chi connectivity index (χ2v) is 5.62. The number of likely N-dealkylation sites (tertiary alicyclic amines) is 1. The minimum atomic E-state index is -0.625. The number of ether oxygens (including phenoxy) is 1. The Bertz CT molecular complexity index is 587. The van der Waals surface area contributed by atoms with Crippen LogP contribution in [0.25, 0.3) is 0 Å². The summed E-state index contributed by atoms with van der Waals surface area (Å²) < 4.78 is 4.77. The van der Waals surface area contributed by atoms with E-state index in [0.717, 1.165) is 12.8 Å². The first kappa shape index (κ1) is 14.6. The number of cyclic esters (lactones) is 1. The van der Waals surface area contributed by atoms with Gasteiger partial charge in [-0.05, 0) is 12.8 Å². The van der Waals surface area contributed by atoms with Gasteiger partial charge >= 0.3 is 6.09 Å². The first-order chi connectivity index (χ1) is 10.6. The number of benzene rings is 1. The number of hydrogen-bond acceptors (Lipinski definition) is 4. The summed E-state index contributed by atoms with van der Waals surface area (Å²) in [5, 5.41) is 2.50. The van der Waals surface area contributed by atoms with Gasteiger partial charge in [-0.3, -0.25) is 9.59 Å². The predicted octanol–water partition coefficient (Wildman–Crippen LogP) is 1.36. The number of rotatable bonds is 4. The van der Waals surface area contributed by atoms with E-state index in [2.05, 4.69) is 5.32 Å². The molecule has 2 fully saturated rings. The van der Waals surface area contributed by atoms with Crippen LogP contribution < -0.4 is 5.32 Å². The molecule has 0 bridgehead atoms. The van der Waals surface area contributed by atoms with Crippen LogP contribution in [0.1, 0.15) is 29.6 Å². The van der Waals surface area contributed by atoms with E-state index in [-0.39, 0.29) is 24.3 Å². The number of hydrogen-bond donors (Lipinski definition) is 1. The summed E-state index contributed by atoms with van der Waals surface area (Å²) in [6.07, 6.45) is 1.44. The Morgan fingerprint density at radius 3 is 2.73 bits per heavy atom. The van der Waals surface area contributed by atoms with E-state index in [0.29, 0.717) is 18.5 Å². The fourth-order valence-electron chi connectivity index (χ4n) is 3.01. The fraction of sp³-hybridized carbons (Fsp3) is 0.438. The van der Waals surface area contributed by atoms with E-state index in [1.807, 2.05) is 18.2 Å². The molecule has 0 saturated carbocycles. The van der Waals surface area contributed by atoms with Crippen LogP contribution in [0, 0.1) is 0 Å². The summed E-state index contributed by atoms with van der Waals surface area (Å²) in [5.74, 6) is -0.119. The Kier molecular flexibility index (Phi) is 4.09. The van der Waals surface area contributed by atoms with E-state index >= 15 is 0 Å². The summed E-state index contributed by atoms with van der Waals surface area (Å²) >= 11 is 0. The molecule has 0 aliphatic carbocycles. The highest BCUT2D eigenvalue weighted by molar-refractivity contribution is 5.97. The molecular formula is C16H18N2O4. The van der Waals surface area contributed by atoms with Crippen LogP contribution in [0.3, 0.4) is 0 Å². The lowest BCUT2D eigenvalue weighted by Gasteiger charge is -2.26. The van der Waals surface area contributed by atoms with Crippen LogP contribution in [0.4, 0.5) is 4.79 Å². The third-order valence-corrected chi connectivity index (χ3v) is 4.15. The Morgan fingerprint density at radius 2 is 2.05 bits per heavy atom. The maximum atomic E-state index is 12.4. The van der Waals surface area contributed by atoms with Crippen molar-refractivity contribution in [3.8, 4) is 0 Å². The molecule has 116 valence electrons. The van der Waals surface area contributed by atoms with E-state index < -0.39 is 12.1 Å². The lowest BCUT2D eigenvalue weighted by molar-refractivity contribution is -0.133. The van der Waals surface area contributed by atoms with Crippen molar-refractivity contribution in [2.24, 2.45) is 0 Å². The van der Waals surface area contributed by atoms with Crippen LogP contribution in [0.2, 0.25) is 0 Å². The van der Waals surface area contributed by atoms with Crippen molar-refractivity contribution < 1.29 is 19.1 Å². The normalized spacial score (nSPS) is 24.0. The third kappa shape index (κ3) is 2.95. The smallest absolute Gasteiger partial charge is 0.407 e. The van der Waals surface area contributed by atoms with E-state index in [4.69, 9.17) is 4.74 Å². The number of amides is 2. The van der Waals surface area contributed by atoms with Crippen molar-refractivity contribution in [2.45, 2.75) is 31.3 Å². The zero-order valence-electron chi connectivity index (χ0n) is 12.2. The SMILES string of the molecule is O=C1N[C@@H](C(=O)N2CCCC2CC(=O)c2ccccc2)CO1. The molecule has 0 aromatic heterocycles. The minimum Gasteiger partial charge on any atom is -0.447 e. The van der Waals surface area contributed by atoms with Crippen molar-refractivity contribution in [3.05, 3.63) is 35.9 Å². The number of nitrogens with zero attached hydrogens (tertiary/aromatic N) is 1. The van der Waals surface area contributed by atoms with Crippen LogP contribution in [0.5, 0.6) is 0 Å². The van der Waals surface area contributed by atoms with Gasteiger partial charge in [-0.15, -0.1) is 0 Å². The zero-order chi connectivity index (χ0) is 15.5. The number of ketones is 1. The number of Topliss-reactive ketones (excluding diaryl/α,β-unsaturated/α-hetero) is 1. The van der Waals surface area contributed by atoms with E-state index in [1.54, 1.807) is 17.0 Å². The summed E-state index contributed by atoms with van der Waals surface area (Å²) in [4.78, 5) is 37.5. The molecule has 22 heavy (non-hydrogen) atoms. The highest BCUT2D eigenvalue weighted by Gasteiger charge is 2.37. The van der Waals surface area contributed by atoms with Gasteiger partial charge in [-0.2, -0.15) is 0 Å². The summed E-state index contributed by atoms with van der Waals surface area (Å²) in [7, 11) is 0. The maximum absolute atomic E-state index is 12.4. The molecular weight excluding hydrogens is 284 g/mol. The average Bonchev–Trinajstić information content (AvgIpc) is 3.16. The topological polar surface area (TPSA) is 75.7 Å². The third-order valence-electron chi connectivity index (χ3n) is 4.15. The lowest BCUT2D eigenvalue weighted by Crippen LogP contribution is -2.47. The summed E-state index contributed by atoms with van der Waals surface area (Å²) in [5.41, 5.74) is 0.666. The molecule has 2 heterocycles. The van der Waals surface area contributed by atoms with Gasteiger partial charge in [0.05, 0.1) is 0 Å². The van der Waals surface area contributed by atoms with Gasteiger partial charge in [0.15, 0.2) is 5.78 Å². The van der Waals surface area contributed by atoms with Crippen LogP contribution in [0.15, 0.2) is 30.3 Å². The lowest BCUT2D eigenvalue weighted by atomic mass is 10.0. The van der Waals surface area contributed by atoms with Gasteiger partial charge in [0.1, 0.15) is 12.6 Å². The quantitative estimate of drug-likeness (QED) is 0.852. The second-order valence-electron chi connectivity index (χ2n) is 5.62. The number of carbonyl (C=O) groups excluding carboxylic acids is 3. The molecule has 1 N–H and O–H groups in total. The van der Waals surface area contributed by atoms with Gasteiger partial charge in [0, 0.05) is 24.6 Å². The van der Waals surface area contributed by atoms with Crippen molar-refractivity contribution in [1.82, 2.24) is 10.2 Å². The summed E-state index contributed by atoms with van der Waals surface area (Å²) in [6.45, 7) is 0.686. The molecule has 2 aliphatic heterocycles. The molecule has 3 rings (SSSR count). The van der Waals surface area contributed by atoms with Gasteiger partial charge in [0.25, 0.3) is 0 Å². The van der Waals surface area contributed by atoms with Gasteiger partial charge < -0.3 is 15.0 Å². The number of carbonyl (C=O) groups is 3. The Morgan fingerprint density at radius 1 is 1.27 bits per heavy atom. The highest BCUT2D eigenvalue weighted by Crippen LogP contribution is 2.23. The summed E-state index contributed by atoms with van der Waals surface area (Å²) in [6, 6.07) is 8.37. The number of alkyl carbamates (subject to hydrolysis) is 1. The van der Waals surface area contributed by atoms with Crippen molar-refractivity contribution in [3.63, 3.8) is 0 Å². The molecule has 2 amide bonds. The predicted molar refractivity (Wildman–Crippen MR) is 78.4 cm³/mol. The van der Waals surface area contributed by atoms with Crippen molar-refractivity contribution in [2.75, 3.05) is 13.2 Å². The average molecular weight is 302 g/mol. The van der Waals surface area contributed by atoms with Gasteiger partial charge in [-0.1, -0.05) is 30.3 Å². The molecule has 0 spiro atoms. The molecule has 2 aliphatic rings. The van der Waals surface area contributed by atoms with Crippen molar-refractivity contribution in [1.29, 1.82) is 0 Å². The molecule has 6 heteroatoms. The molecule has 2 saturated heterocycles. The molecule has 0 radical (unpaired) electrons.